The molecule has 0 aromatic heterocycles. The molecule has 3 rings (SSSR count). The molecular weight excluding hydrogens is 314 g/mol. The van der Waals surface area contributed by atoms with E-state index >= 15 is 0 Å². The summed E-state index contributed by atoms with van der Waals surface area (Å²) in [5, 5.41) is 19.9. The Hall–Kier alpha value is -2.33. The van der Waals surface area contributed by atoms with Gasteiger partial charge in [0.2, 0.25) is 0 Å². The van der Waals surface area contributed by atoms with Gasteiger partial charge in [0.1, 0.15) is 5.75 Å². The van der Waals surface area contributed by atoms with Gasteiger partial charge >= 0.3 is 0 Å². The number of phenols is 1. The van der Waals surface area contributed by atoms with Crippen LogP contribution >= 0.6 is 0 Å². The van der Waals surface area contributed by atoms with Crippen LogP contribution in [-0.2, 0) is 6.42 Å². The zero-order valence-electron chi connectivity index (χ0n) is 14.6. The summed E-state index contributed by atoms with van der Waals surface area (Å²) in [6.07, 6.45) is 1.99. The maximum Gasteiger partial charge on any atom is 0.257 e. The Kier molecular flexibility index (Phi) is 5.39. The molecule has 1 amide bonds. The molecule has 0 spiro atoms. The van der Waals surface area contributed by atoms with Crippen molar-refractivity contribution in [1.82, 2.24) is 4.90 Å². The minimum absolute atomic E-state index is 0.0273. The van der Waals surface area contributed by atoms with Crippen LogP contribution in [0.5, 0.6) is 5.75 Å². The van der Waals surface area contributed by atoms with Crippen molar-refractivity contribution in [2.75, 3.05) is 13.1 Å². The maximum absolute atomic E-state index is 12.8. The average Bonchev–Trinajstić information content (AvgIpc) is 2.63. The second kappa shape index (κ2) is 7.70. The van der Waals surface area contributed by atoms with Gasteiger partial charge < -0.3 is 15.1 Å². The molecule has 0 aliphatic carbocycles. The molecule has 1 unspecified atom stereocenters. The number of likely N-dealkylation sites (tertiary alicyclic amines) is 1. The number of benzene rings is 2. The number of aliphatic hydroxyl groups excluding tert-OH is 1. The van der Waals surface area contributed by atoms with Gasteiger partial charge in [-0.15, -0.1) is 0 Å². The van der Waals surface area contributed by atoms with E-state index in [1.165, 1.54) is 5.56 Å². The van der Waals surface area contributed by atoms with E-state index < -0.39 is 0 Å². The van der Waals surface area contributed by atoms with Crippen molar-refractivity contribution in [3.8, 4) is 5.75 Å². The van der Waals surface area contributed by atoms with E-state index in [-0.39, 0.29) is 23.7 Å². The molecule has 4 heteroatoms. The van der Waals surface area contributed by atoms with E-state index in [1.54, 1.807) is 24.0 Å². The van der Waals surface area contributed by atoms with Gasteiger partial charge in [-0.25, -0.2) is 0 Å². The first-order valence-electron chi connectivity index (χ1n) is 8.87. The Morgan fingerprint density at radius 2 is 1.80 bits per heavy atom. The largest absolute Gasteiger partial charge is 0.507 e. The molecular formula is C21H25NO3. The molecule has 1 aliphatic rings. The SMILES string of the molecule is CC(O)C1CCN(C(=O)c2cc(Cc3ccccc3)ccc2O)CC1. The Bertz CT molecular complexity index is 719. The van der Waals surface area contributed by atoms with Crippen LogP contribution in [-0.4, -0.2) is 40.2 Å². The summed E-state index contributed by atoms with van der Waals surface area (Å²) in [7, 11) is 0. The fourth-order valence-corrected chi connectivity index (χ4v) is 3.45. The fourth-order valence-electron chi connectivity index (χ4n) is 3.45. The molecule has 1 aliphatic heterocycles. The maximum atomic E-state index is 12.8. The molecule has 0 radical (unpaired) electrons. The number of piperidine rings is 1. The molecule has 1 atom stereocenters. The monoisotopic (exact) mass is 339 g/mol. The van der Waals surface area contributed by atoms with Crippen LogP contribution in [0, 0.1) is 5.92 Å². The van der Waals surface area contributed by atoms with Gasteiger partial charge in [0.05, 0.1) is 11.7 Å². The topological polar surface area (TPSA) is 60.8 Å². The average molecular weight is 339 g/mol. The van der Waals surface area contributed by atoms with E-state index in [4.69, 9.17) is 0 Å². The number of hydrogen-bond donors (Lipinski definition) is 2. The number of amides is 1. The van der Waals surface area contributed by atoms with E-state index in [2.05, 4.69) is 12.1 Å². The number of aliphatic hydroxyl groups is 1. The van der Waals surface area contributed by atoms with Crippen LogP contribution in [0.4, 0.5) is 0 Å². The molecule has 2 aromatic rings. The predicted octanol–water partition coefficient (Wildman–Crippen LogP) is 3.22. The van der Waals surface area contributed by atoms with Gasteiger partial charge in [-0.05, 0) is 55.4 Å². The van der Waals surface area contributed by atoms with Crippen molar-refractivity contribution in [1.29, 1.82) is 0 Å². The second-order valence-corrected chi connectivity index (χ2v) is 6.88. The van der Waals surface area contributed by atoms with Gasteiger partial charge in [-0.1, -0.05) is 36.4 Å². The van der Waals surface area contributed by atoms with Gasteiger partial charge in [-0.2, -0.15) is 0 Å². The number of rotatable bonds is 4. The van der Waals surface area contributed by atoms with Crippen LogP contribution < -0.4 is 0 Å². The normalized spacial score (nSPS) is 16.6. The van der Waals surface area contributed by atoms with Gasteiger partial charge in [0, 0.05) is 13.1 Å². The zero-order valence-corrected chi connectivity index (χ0v) is 14.6. The number of nitrogens with zero attached hydrogens (tertiary/aromatic N) is 1. The van der Waals surface area contributed by atoms with E-state index in [1.807, 2.05) is 24.3 Å². The Morgan fingerprint density at radius 1 is 1.12 bits per heavy atom. The number of phenolic OH excluding ortho intramolecular Hbond substituents is 1. The van der Waals surface area contributed by atoms with E-state index in [0.717, 1.165) is 24.8 Å². The lowest BCUT2D eigenvalue weighted by atomic mass is 9.91. The first-order valence-corrected chi connectivity index (χ1v) is 8.87. The highest BCUT2D eigenvalue weighted by molar-refractivity contribution is 5.97. The lowest BCUT2D eigenvalue weighted by molar-refractivity contribution is 0.0519. The van der Waals surface area contributed by atoms with Crippen molar-refractivity contribution < 1.29 is 15.0 Å². The Balaban J connectivity index is 1.73. The van der Waals surface area contributed by atoms with Crippen molar-refractivity contribution in [3.63, 3.8) is 0 Å². The molecule has 4 nitrogen and oxygen atoms in total. The van der Waals surface area contributed by atoms with Gasteiger partial charge in [0.25, 0.3) is 5.91 Å². The van der Waals surface area contributed by atoms with Crippen molar-refractivity contribution in [2.24, 2.45) is 5.92 Å². The fraction of sp³-hybridized carbons (Fsp3) is 0.381. The molecule has 132 valence electrons. The van der Waals surface area contributed by atoms with Crippen LogP contribution in [0.15, 0.2) is 48.5 Å². The first-order chi connectivity index (χ1) is 12.0. The standard InChI is InChI=1S/C21H25NO3/c1-15(23)18-9-11-22(12-10-18)21(25)19-14-17(7-8-20(19)24)13-16-5-3-2-4-6-16/h2-8,14-15,18,23-24H,9-13H2,1H3. The molecule has 1 heterocycles. The van der Waals surface area contributed by atoms with E-state index in [0.29, 0.717) is 18.7 Å². The minimum Gasteiger partial charge on any atom is -0.507 e. The third kappa shape index (κ3) is 4.20. The van der Waals surface area contributed by atoms with Crippen molar-refractivity contribution in [3.05, 3.63) is 65.2 Å². The van der Waals surface area contributed by atoms with Crippen molar-refractivity contribution in [2.45, 2.75) is 32.3 Å². The minimum atomic E-state index is -0.333. The molecule has 2 aromatic carbocycles. The van der Waals surface area contributed by atoms with Crippen LogP contribution in [0.1, 0.15) is 41.3 Å². The third-order valence-corrected chi connectivity index (χ3v) is 5.05. The lowest BCUT2D eigenvalue weighted by Gasteiger charge is -2.33. The summed E-state index contributed by atoms with van der Waals surface area (Å²) in [5.74, 6) is 0.151. The highest BCUT2D eigenvalue weighted by atomic mass is 16.3. The summed E-state index contributed by atoms with van der Waals surface area (Å²) in [6, 6.07) is 15.3. The Morgan fingerprint density at radius 3 is 2.44 bits per heavy atom. The van der Waals surface area contributed by atoms with Crippen LogP contribution in [0.2, 0.25) is 0 Å². The third-order valence-electron chi connectivity index (χ3n) is 5.05. The number of carbonyl (C=O) groups is 1. The highest BCUT2D eigenvalue weighted by Gasteiger charge is 2.27. The second-order valence-electron chi connectivity index (χ2n) is 6.88. The van der Waals surface area contributed by atoms with Crippen molar-refractivity contribution >= 4 is 5.91 Å². The van der Waals surface area contributed by atoms with Gasteiger partial charge in [-0.3, -0.25) is 4.79 Å². The number of aromatic hydroxyl groups is 1. The quantitative estimate of drug-likeness (QED) is 0.899. The zero-order chi connectivity index (χ0) is 17.8. The molecule has 0 saturated carbocycles. The number of carbonyl (C=O) groups excluding carboxylic acids is 1. The predicted molar refractivity (Wildman–Crippen MR) is 97.7 cm³/mol. The molecule has 0 bridgehead atoms. The molecule has 1 saturated heterocycles. The smallest absolute Gasteiger partial charge is 0.257 e. The lowest BCUT2D eigenvalue weighted by Crippen LogP contribution is -2.40. The van der Waals surface area contributed by atoms with E-state index in [9.17, 15) is 15.0 Å². The summed E-state index contributed by atoms with van der Waals surface area (Å²) in [4.78, 5) is 14.6. The van der Waals surface area contributed by atoms with Crippen LogP contribution in [0.25, 0.3) is 0 Å². The summed E-state index contributed by atoms with van der Waals surface area (Å²) >= 11 is 0. The molecule has 25 heavy (non-hydrogen) atoms. The molecule has 2 N–H and O–H groups in total. The number of hydrogen-bond acceptors (Lipinski definition) is 3. The first kappa shape index (κ1) is 17.5. The highest BCUT2D eigenvalue weighted by Crippen LogP contribution is 2.26. The van der Waals surface area contributed by atoms with Gasteiger partial charge in [0.15, 0.2) is 0 Å². The van der Waals surface area contributed by atoms with Crippen LogP contribution in [0.3, 0.4) is 0 Å². The Labute approximate surface area is 148 Å². The summed E-state index contributed by atoms with van der Waals surface area (Å²) in [5.41, 5.74) is 2.54. The molecule has 1 fully saturated rings. The summed E-state index contributed by atoms with van der Waals surface area (Å²) in [6.45, 7) is 3.05. The summed E-state index contributed by atoms with van der Waals surface area (Å²) < 4.78 is 0.